The van der Waals surface area contributed by atoms with Crippen LogP contribution in [0.15, 0.2) is 42.5 Å². The van der Waals surface area contributed by atoms with Gasteiger partial charge in [-0.05, 0) is 87.2 Å². The summed E-state index contributed by atoms with van der Waals surface area (Å²) in [4.78, 5) is 18.4. The lowest BCUT2D eigenvalue weighted by Crippen LogP contribution is -2.37. The second-order valence-corrected chi connectivity index (χ2v) is 8.90. The van der Waals surface area contributed by atoms with E-state index in [1.165, 1.54) is 11.6 Å². The zero-order chi connectivity index (χ0) is 22.8. The van der Waals surface area contributed by atoms with Gasteiger partial charge in [0.1, 0.15) is 12.4 Å². The molecule has 0 bridgehead atoms. The van der Waals surface area contributed by atoms with E-state index in [4.69, 9.17) is 9.47 Å². The van der Waals surface area contributed by atoms with Gasteiger partial charge in [0.25, 0.3) is 5.91 Å². The Morgan fingerprint density at radius 1 is 1.18 bits per heavy atom. The lowest BCUT2D eigenvalue weighted by molar-refractivity contribution is -0.118. The van der Waals surface area contributed by atoms with E-state index in [0.717, 1.165) is 61.5 Å². The van der Waals surface area contributed by atoms with Gasteiger partial charge < -0.3 is 14.8 Å². The van der Waals surface area contributed by atoms with Crippen molar-refractivity contribution in [3.63, 3.8) is 0 Å². The molecule has 7 heteroatoms. The van der Waals surface area contributed by atoms with Crippen LogP contribution in [0.1, 0.15) is 24.1 Å². The van der Waals surface area contributed by atoms with Crippen LogP contribution in [0.4, 0.5) is 10.1 Å². The van der Waals surface area contributed by atoms with Crippen molar-refractivity contribution >= 4 is 22.5 Å². The number of hydrogen-bond acceptors (Lipinski definition) is 5. The fourth-order valence-corrected chi connectivity index (χ4v) is 4.68. The Balaban J connectivity index is 1.12. The highest BCUT2D eigenvalue weighted by atomic mass is 19.1. The van der Waals surface area contributed by atoms with Gasteiger partial charge in [-0.1, -0.05) is 6.07 Å². The smallest absolute Gasteiger partial charge is 0.262 e. The standard InChI is InChI=1S/C26H28FN3O3/c1-17-2-4-20-22(28-17)6-5-21(27)26(20)32-13-12-30-10-8-18(9-11-30)14-19-3-7-24-23(15-19)29-25(31)16-33-24/h2-7,15,18H,8-14,16H2,1H3,(H,29,31). The number of amides is 1. The maximum Gasteiger partial charge on any atom is 0.262 e. The molecule has 1 N–H and O–H groups in total. The van der Waals surface area contributed by atoms with E-state index in [-0.39, 0.29) is 18.3 Å². The number of carbonyl (C=O) groups excluding carboxylic acids is 1. The van der Waals surface area contributed by atoms with Gasteiger partial charge in [0, 0.05) is 17.6 Å². The molecular formula is C26H28FN3O3. The molecule has 5 rings (SSSR count). The largest absolute Gasteiger partial charge is 0.488 e. The molecule has 1 amide bonds. The second-order valence-electron chi connectivity index (χ2n) is 8.90. The molecular weight excluding hydrogens is 421 g/mol. The van der Waals surface area contributed by atoms with Crippen LogP contribution < -0.4 is 14.8 Å². The summed E-state index contributed by atoms with van der Waals surface area (Å²) in [6, 6.07) is 12.9. The minimum Gasteiger partial charge on any atom is -0.488 e. The summed E-state index contributed by atoms with van der Waals surface area (Å²) >= 11 is 0. The summed E-state index contributed by atoms with van der Waals surface area (Å²) in [6.07, 6.45) is 3.19. The number of rotatable bonds is 6. The Labute approximate surface area is 192 Å². The number of nitrogens with zero attached hydrogens (tertiary/aromatic N) is 2. The van der Waals surface area contributed by atoms with E-state index in [2.05, 4.69) is 21.3 Å². The highest BCUT2D eigenvalue weighted by Crippen LogP contribution is 2.31. The molecule has 1 aromatic heterocycles. The van der Waals surface area contributed by atoms with Gasteiger partial charge in [0.05, 0.1) is 11.2 Å². The van der Waals surface area contributed by atoms with E-state index in [1.54, 1.807) is 6.07 Å². The van der Waals surface area contributed by atoms with Gasteiger partial charge in [-0.25, -0.2) is 4.39 Å². The number of aromatic nitrogens is 1. The highest BCUT2D eigenvalue weighted by molar-refractivity contribution is 5.95. The highest BCUT2D eigenvalue weighted by Gasteiger charge is 2.21. The summed E-state index contributed by atoms with van der Waals surface area (Å²) in [5.41, 5.74) is 3.64. The third-order valence-corrected chi connectivity index (χ3v) is 6.48. The Morgan fingerprint density at radius 3 is 2.88 bits per heavy atom. The molecule has 0 radical (unpaired) electrons. The van der Waals surface area contributed by atoms with Crippen molar-refractivity contribution in [1.29, 1.82) is 0 Å². The number of piperidine rings is 1. The van der Waals surface area contributed by atoms with Crippen LogP contribution in [0.5, 0.6) is 11.5 Å². The fourth-order valence-electron chi connectivity index (χ4n) is 4.68. The minimum atomic E-state index is -0.349. The topological polar surface area (TPSA) is 63.7 Å². The van der Waals surface area contributed by atoms with E-state index in [1.807, 2.05) is 31.2 Å². The fraction of sp³-hybridized carbons (Fsp3) is 0.385. The number of likely N-dealkylation sites (tertiary alicyclic amines) is 1. The normalized spacial score (nSPS) is 16.8. The van der Waals surface area contributed by atoms with Gasteiger partial charge in [-0.3, -0.25) is 14.7 Å². The first-order chi connectivity index (χ1) is 16.0. The number of nitrogens with one attached hydrogen (secondary N) is 1. The van der Waals surface area contributed by atoms with Crippen LogP contribution in [0.2, 0.25) is 0 Å². The molecule has 172 valence electrons. The first-order valence-corrected chi connectivity index (χ1v) is 11.5. The van der Waals surface area contributed by atoms with Crippen LogP contribution in [0, 0.1) is 18.7 Å². The molecule has 2 aliphatic heterocycles. The van der Waals surface area contributed by atoms with Crippen LogP contribution in [0.3, 0.4) is 0 Å². The van der Waals surface area contributed by atoms with E-state index in [9.17, 15) is 9.18 Å². The first kappa shape index (κ1) is 21.6. The number of pyridine rings is 1. The average molecular weight is 450 g/mol. The van der Waals surface area contributed by atoms with Crippen LogP contribution in [0.25, 0.3) is 10.9 Å². The number of anilines is 1. The monoisotopic (exact) mass is 449 g/mol. The van der Waals surface area contributed by atoms with Crippen LogP contribution in [-0.2, 0) is 11.2 Å². The third kappa shape index (κ3) is 4.93. The van der Waals surface area contributed by atoms with Gasteiger partial charge >= 0.3 is 0 Å². The number of hydrogen-bond donors (Lipinski definition) is 1. The summed E-state index contributed by atoms with van der Waals surface area (Å²) < 4.78 is 25.7. The number of ether oxygens (including phenoxy) is 2. The molecule has 0 unspecified atom stereocenters. The maximum atomic E-state index is 14.4. The third-order valence-electron chi connectivity index (χ3n) is 6.48. The van der Waals surface area contributed by atoms with Gasteiger partial charge in [-0.2, -0.15) is 0 Å². The number of aryl methyl sites for hydroxylation is 1. The number of fused-ring (bicyclic) bond motifs is 2. The molecule has 2 aromatic carbocycles. The van der Waals surface area contributed by atoms with Crippen molar-refractivity contribution in [2.75, 3.05) is 38.2 Å². The molecule has 3 heterocycles. The van der Waals surface area contributed by atoms with Gasteiger partial charge in [0.15, 0.2) is 18.2 Å². The lowest BCUT2D eigenvalue weighted by atomic mass is 9.90. The van der Waals surface area contributed by atoms with E-state index < -0.39 is 0 Å². The molecule has 1 saturated heterocycles. The first-order valence-electron chi connectivity index (χ1n) is 11.5. The maximum absolute atomic E-state index is 14.4. The Kier molecular flexibility index (Phi) is 6.13. The Hall–Kier alpha value is -3.19. The summed E-state index contributed by atoms with van der Waals surface area (Å²) in [5.74, 6) is 1.17. The predicted molar refractivity (Wildman–Crippen MR) is 125 cm³/mol. The van der Waals surface area contributed by atoms with E-state index in [0.29, 0.717) is 23.7 Å². The minimum absolute atomic E-state index is 0.0816. The summed E-state index contributed by atoms with van der Waals surface area (Å²) in [5, 5.41) is 3.60. The number of halogens is 1. The number of carbonyl (C=O) groups is 1. The van der Waals surface area contributed by atoms with Crippen LogP contribution in [-0.4, -0.2) is 48.6 Å². The predicted octanol–water partition coefficient (Wildman–Crippen LogP) is 4.35. The van der Waals surface area contributed by atoms with Crippen molar-refractivity contribution in [3.8, 4) is 11.5 Å². The molecule has 1 fully saturated rings. The summed E-state index contributed by atoms with van der Waals surface area (Å²) in [7, 11) is 0. The summed E-state index contributed by atoms with van der Waals surface area (Å²) in [6.45, 7) is 5.21. The quantitative estimate of drug-likeness (QED) is 0.606. The molecule has 0 atom stereocenters. The second kappa shape index (κ2) is 9.35. The van der Waals surface area contributed by atoms with Crippen molar-refractivity contribution < 1.29 is 18.7 Å². The Morgan fingerprint density at radius 2 is 2.03 bits per heavy atom. The zero-order valence-corrected chi connectivity index (χ0v) is 18.8. The molecule has 0 aliphatic carbocycles. The number of benzene rings is 2. The van der Waals surface area contributed by atoms with Gasteiger partial charge in [-0.15, -0.1) is 0 Å². The average Bonchev–Trinajstić information content (AvgIpc) is 2.81. The van der Waals surface area contributed by atoms with Crippen molar-refractivity contribution in [1.82, 2.24) is 9.88 Å². The van der Waals surface area contributed by atoms with Crippen molar-refractivity contribution in [3.05, 3.63) is 59.5 Å². The molecule has 6 nitrogen and oxygen atoms in total. The SMILES string of the molecule is Cc1ccc2c(OCCN3CCC(Cc4ccc5c(c4)NC(=O)CO5)CC3)c(F)ccc2n1. The zero-order valence-electron chi connectivity index (χ0n) is 18.8. The molecule has 33 heavy (non-hydrogen) atoms. The van der Waals surface area contributed by atoms with Gasteiger partial charge in [0.2, 0.25) is 0 Å². The molecule has 0 spiro atoms. The molecule has 2 aliphatic rings. The Bertz CT molecular complexity index is 1170. The molecule has 0 saturated carbocycles. The lowest BCUT2D eigenvalue weighted by Gasteiger charge is -2.32. The van der Waals surface area contributed by atoms with Crippen LogP contribution >= 0.6 is 0 Å². The van der Waals surface area contributed by atoms with Crippen molar-refractivity contribution in [2.24, 2.45) is 5.92 Å². The van der Waals surface area contributed by atoms with E-state index >= 15 is 0 Å². The molecule has 3 aromatic rings. The van der Waals surface area contributed by atoms with Crippen molar-refractivity contribution in [2.45, 2.75) is 26.2 Å².